The Morgan fingerprint density at radius 1 is 1.29 bits per heavy atom. The minimum absolute atomic E-state index is 0. The van der Waals surface area contributed by atoms with E-state index in [-0.39, 0.29) is 44.4 Å². The van der Waals surface area contributed by atoms with Crippen LogP contribution in [0.25, 0.3) is 5.65 Å². The molecule has 2 N–H and O–H groups in total. The van der Waals surface area contributed by atoms with Crippen molar-refractivity contribution < 1.29 is 18.0 Å². The predicted octanol–water partition coefficient (Wildman–Crippen LogP) is 1.59. The van der Waals surface area contributed by atoms with E-state index in [2.05, 4.69) is 20.8 Å². The maximum atomic E-state index is 12.8. The molecule has 3 rings (SSSR count). The molecule has 0 spiro atoms. The third-order valence-electron chi connectivity index (χ3n) is 3.78. The van der Waals surface area contributed by atoms with Gasteiger partial charge in [0.1, 0.15) is 0 Å². The lowest BCUT2D eigenvalue weighted by molar-refractivity contribution is -0.182. The molecule has 1 fully saturated rings. The van der Waals surface area contributed by atoms with Gasteiger partial charge in [0.05, 0.1) is 18.4 Å². The van der Waals surface area contributed by atoms with Crippen molar-refractivity contribution in [3.63, 3.8) is 0 Å². The number of aromatic nitrogens is 3. The van der Waals surface area contributed by atoms with Crippen LogP contribution in [0.5, 0.6) is 0 Å². The lowest BCUT2D eigenvalue weighted by Crippen LogP contribution is -2.40. The van der Waals surface area contributed by atoms with Crippen molar-refractivity contribution in [1.82, 2.24) is 25.2 Å². The molecule has 2 aromatic rings. The van der Waals surface area contributed by atoms with Gasteiger partial charge in [-0.2, -0.15) is 13.2 Å². The Kier molecular flexibility index (Phi) is 6.82. The Hall–Kier alpha value is -1.58. The number of amides is 1. The highest BCUT2D eigenvalue weighted by atomic mass is 35.5. The molecule has 0 aromatic carbocycles. The molecule has 0 saturated carbocycles. The van der Waals surface area contributed by atoms with Crippen LogP contribution in [0.4, 0.5) is 13.2 Å². The van der Waals surface area contributed by atoms with Crippen molar-refractivity contribution in [3.05, 3.63) is 30.2 Å². The first-order valence-corrected chi connectivity index (χ1v) is 6.80. The third-order valence-corrected chi connectivity index (χ3v) is 3.78. The van der Waals surface area contributed by atoms with Gasteiger partial charge >= 0.3 is 6.18 Å². The second-order valence-corrected chi connectivity index (χ2v) is 5.18. The standard InChI is InChI=1S/C13H14F3N5O.2ClH/c14-13(15,16)9-6-17-5-8(9)12(22)18-7-11-20-19-10-3-1-2-4-21(10)11;;/h1-4,8-9,17H,5-7H2,(H,18,22);2*1H/t8-,9-;;/m1../s1. The normalized spacial score (nSPS) is 20.3. The number of alkyl halides is 3. The fourth-order valence-corrected chi connectivity index (χ4v) is 2.61. The summed E-state index contributed by atoms with van der Waals surface area (Å²) in [6.45, 7) is -0.170. The van der Waals surface area contributed by atoms with E-state index in [9.17, 15) is 18.0 Å². The largest absolute Gasteiger partial charge is 0.393 e. The van der Waals surface area contributed by atoms with Gasteiger partial charge in [0, 0.05) is 19.3 Å². The van der Waals surface area contributed by atoms with Gasteiger partial charge in [-0.25, -0.2) is 0 Å². The minimum atomic E-state index is -4.38. The first kappa shape index (κ1) is 20.5. The minimum Gasteiger partial charge on any atom is -0.348 e. The SMILES string of the molecule is Cl.Cl.O=C(NCc1nnc2ccccn12)[C@@H]1CNC[C@H]1C(F)(F)F. The third kappa shape index (κ3) is 4.08. The molecule has 0 bridgehead atoms. The molecule has 1 aliphatic rings. The number of nitrogens with zero attached hydrogens (tertiary/aromatic N) is 3. The lowest BCUT2D eigenvalue weighted by Gasteiger charge is -2.20. The Morgan fingerprint density at radius 2 is 2.04 bits per heavy atom. The molecule has 3 heterocycles. The molecule has 24 heavy (non-hydrogen) atoms. The Labute approximate surface area is 148 Å². The number of rotatable bonds is 3. The number of carbonyl (C=O) groups excluding carboxylic acids is 1. The highest BCUT2D eigenvalue weighted by Crippen LogP contribution is 2.34. The zero-order valence-electron chi connectivity index (χ0n) is 12.3. The van der Waals surface area contributed by atoms with Crippen LogP contribution in [0.2, 0.25) is 0 Å². The summed E-state index contributed by atoms with van der Waals surface area (Å²) < 4.78 is 40.2. The van der Waals surface area contributed by atoms with E-state index in [1.165, 1.54) is 0 Å². The summed E-state index contributed by atoms with van der Waals surface area (Å²) in [5.41, 5.74) is 0.613. The van der Waals surface area contributed by atoms with Gasteiger partial charge < -0.3 is 10.6 Å². The van der Waals surface area contributed by atoms with Gasteiger partial charge in [0.15, 0.2) is 11.5 Å². The van der Waals surface area contributed by atoms with Crippen LogP contribution >= 0.6 is 24.8 Å². The van der Waals surface area contributed by atoms with Crippen LogP contribution < -0.4 is 10.6 Å². The number of pyridine rings is 1. The maximum absolute atomic E-state index is 12.8. The number of hydrogen-bond donors (Lipinski definition) is 2. The van der Waals surface area contributed by atoms with Gasteiger partial charge in [-0.15, -0.1) is 35.0 Å². The predicted molar refractivity (Wildman–Crippen MR) is 85.2 cm³/mol. The van der Waals surface area contributed by atoms with Crippen molar-refractivity contribution >= 4 is 36.4 Å². The first-order valence-electron chi connectivity index (χ1n) is 6.80. The van der Waals surface area contributed by atoms with Crippen molar-refractivity contribution in [2.24, 2.45) is 11.8 Å². The van der Waals surface area contributed by atoms with E-state index in [0.717, 1.165) is 0 Å². The fraction of sp³-hybridized carbons (Fsp3) is 0.462. The van der Waals surface area contributed by atoms with Crippen molar-refractivity contribution in [2.45, 2.75) is 12.7 Å². The molecule has 0 unspecified atom stereocenters. The van der Waals surface area contributed by atoms with Gasteiger partial charge in [-0.1, -0.05) is 6.07 Å². The summed E-state index contributed by atoms with van der Waals surface area (Å²) in [4.78, 5) is 12.0. The zero-order chi connectivity index (χ0) is 15.7. The highest BCUT2D eigenvalue weighted by Gasteiger charge is 2.49. The number of halogens is 5. The van der Waals surface area contributed by atoms with E-state index in [1.54, 1.807) is 28.8 Å². The summed E-state index contributed by atoms with van der Waals surface area (Å²) in [5, 5.41) is 13.0. The molecule has 6 nitrogen and oxygen atoms in total. The molecule has 11 heteroatoms. The second kappa shape index (κ2) is 8.00. The fourth-order valence-electron chi connectivity index (χ4n) is 2.61. The number of fused-ring (bicyclic) bond motifs is 1. The van der Waals surface area contributed by atoms with E-state index < -0.39 is 23.9 Å². The summed E-state index contributed by atoms with van der Waals surface area (Å²) in [6.07, 6.45) is -2.65. The Bertz CT molecular complexity index is 694. The molecule has 1 aliphatic heterocycles. The van der Waals surface area contributed by atoms with Crippen LogP contribution in [0, 0.1) is 11.8 Å². The zero-order valence-corrected chi connectivity index (χ0v) is 13.9. The smallest absolute Gasteiger partial charge is 0.348 e. The summed E-state index contributed by atoms with van der Waals surface area (Å²) >= 11 is 0. The maximum Gasteiger partial charge on any atom is 0.393 e. The van der Waals surface area contributed by atoms with Crippen molar-refractivity contribution in [2.75, 3.05) is 13.1 Å². The lowest BCUT2D eigenvalue weighted by atomic mass is 9.94. The monoisotopic (exact) mass is 385 g/mol. The van der Waals surface area contributed by atoms with Crippen LogP contribution in [0.15, 0.2) is 24.4 Å². The molecular weight excluding hydrogens is 370 g/mol. The number of carbonyl (C=O) groups is 1. The van der Waals surface area contributed by atoms with Crippen LogP contribution in [-0.4, -0.2) is 39.8 Å². The van der Waals surface area contributed by atoms with E-state index in [1.807, 2.05) is 0 Å². The quantitative estimate of drug-likeness (QED) is 0.841. The van der Waals surface area contributed by atoms with Crippen LogP contribution in [0.1, 0.15) is 5.82 Å². The Morgan fingerprint density at radius 3 is 2.75 bits per heavy atom. The molecule has 2 aromatic heterocycles. The van der Waals surface area contributed by atoms with Gasteiger partial charge in [0.25, 0.3) is 0 Å². The van der Waals surface area contributed by atoms with Gasteiger partial charge in [-0.3, -0.25) is 9.20 Å². The van der Waals surface area contributed by atoms with E-state index >= 15 is 0 Å². The molecular formula is C13H16Cl2F3N5O. The molecule has 0 aliphatic carbocycles. The Balaban J connectivity index is 0.00000144. The van der Waals surface area contributed by atoms with Crippen LogP contribution in [0.3, 0.4) is 0 Å². The first-order chi connectivity index (χ1) is 10.5. The van der Waals surface area contributed by atoms with Crippen molar-refractivity contribution in [1.29, 1.82) is 0 Å². The van der Waals surface area contributed by atoms with Crippen LogP contribution in [-0.2, 0) is 11.3 Å². The van der Waals surface area contributed by atoms with E-state index in [0.29, 0.717) is 11.5 Å². The summed E-state index contributed by atoms with van der Waals surface area (Å²) in [6, 6.07) is 5.33. The number of nitrogens with one attached hydrogen (secondary N) is 2. The van der Waals surface area contributed by atoms with Crippen molar-refractivity contribution in [3.8, 4) is 0 Å². The molecule has 134 valence electrons. The molecule has 2 atom stereocenters. The van der Waals surface area contributed by atoms with E-state index in [4.69, 9.17) is 0 Å². The number of hydrogen-bond acceptors (Lipinski definition) is 4. The van der Waals surface area contributed by atoms with Gasteiger partial charge in [0.2, 0.25) is 5.91 Å². The topological polar surface area (TPSA) is 71.3 Å². The molecule has 0 radical (unpaired) electrons. The van der Waals surface area contributed by atoms with Gasteiger partial charge in [-0.05, 0) is 12.1 Å². The summed E-state index contributed by atoms with van der Waals surface area (Å²) in [5.74, 6) is -2.92. The average Bonchev–Trinajstić information content (AvgIpc) is 3.11. The molecule has 1 saturated heterocycles. The average molecular weight is 386 g/mol. The second-order valence-electron chi connectivity index (χ2n) is 5.18. The highest BCUT2D eigenvalue weighted by molar-refractivity contribution is 5.85. The summed E-state index contributed by atoms with van der Waals surface area (Å²) in [7, 11) is 0. The molecule has 1 amide bonds.